The van der Waals surface area contributed by atoms with E-state index >= 15 is 0 Å². The number of nitrogens with one attached hydrogen (secondary N) is 2. The third-order valence-electron chi connectivity index (χ3n) is 3.61. The summed E-state index contributed by atoms with van der Waals surface area (Å²) in [5, 5.41) is 6.21. The molecule has 2 N–H and O–H groups in total. The van der Waals surface area contributed by atoms with Crippen molar-refractivity contribution < 1.29 is 19.0 Å². The maximum Gasteiger partial charge on any atom is 0.221 e. The van der Waals surface area contributed by atoms with Crippen molar-refractivity contribution in [3.8, 4) is 11.5 Å². The summed E-state index contributed by atoms with van der Waals surface area (Å²) in [6.45, 7) is 2.73. The molecule has 1 aliphatic rings. The molecule has 0 radical (unpaired) electrons. The SMILES string of the molecule is COc1ccc(CCNC(=O)CC2COCCN2)cc1OC. The number of hydrogen-bond acceptors (Lipinski definition) is 5. The quantitative estimate of drug-likeness (QED) is 0.778. The molecule has 2 rings (SSSR count). The van der Waals surface area contributed by atoms with Gasteiger partial charge >= 0.3 is 0 Å². The molecule has 1 aliphatic heterocycles. The van der Waals surface area contributed by atoms with Gasteiger partial charge in [0, 0.05) is 25.6 Å². The van der Waals surface area contributed by atoms with E-state index in [1.807, 2.05) is 18.2 Å². The van der Waals surface area contributed by atoms with E-state index < -0.39 is 0 Å². The monoisotopic (exact) mass is 308 g/mol. The number of carbonyl (C=O) groups excluding carboxylic acids is 1. The predicted molar refractivity (Wildman–Crippen MR) is 83.5 cm³/mol. The van der Waals surface area contributed by atoms with Crippen LogP contribution in [-0.2, 0) is 16.0 Å². The molecule has 1 unspecified atom stereocenters. The second kappa shape index (κ2) is 8.60. The molecular weight excluding hydrogens is 284 g/mol. The van der Waals surface area contributed by atoms with Crippen molar-refractivity contribution in [1.82, 2.24) is 10.6 Å². The number of hydrogen-bond donors (Lipinski definition) is 2. The normalized spacial score (nSPS) is 17.8. The predicted octanol–water partition coefficient (Wildman–Crippen LogP) is 0.741. The molecule has 22 heavy (non-hydrogen) atoms. The van der Waals surface area contributed by atoms with E-state index in [0.29, 0.717) is 31.1 Å². The van der Waals surface area contributed by atoms with Crippen LogP contribution in [-0.4, -0.2) is 52.5 Å². The summed E-state index contributed by atoms with van der Waals surface area (Å²) in [6, 6.07) is 5.90. The largest absolute Gasteiger partial charge is 0.493 e. The van der Waals surface area contributed by atoms with Gasteiger partial charge in [-0.25, -0.2) is 0 Å². The number of carbonyl (C=O) groups is 1. The topological polar surface area (TPSA) is 68.8 Å². The highest BCUT2D eigenvalue weighted by molar-refractivity contribution is 5.76. The van der Waals surface area contributed by atoms with Crippen molar-refractivity contribution in [3.63, 3.8) is 0 Å². The van der Waals surface area contributed by atoms with Crippen LogP contribution in [0.5, 0.6) is 11.5 Å². The smallest absolute Gasteiger partial charge is 0.221 e. The molecule has 0 bridgehead atoms. The van der Waals surface area contributed by atoms with Crippen LogP contribution in [0.3, 0.4) is 0 Å². The van der Waals surface area contributed by atoms with Crippen molar-refractivity contribution in [3.05, 3.63) is 23.8 Å². The van der Waals surface area contributed by atoms with Crippen molar-refractivity contribution >= 4 is 5.91 Å². The zero-order valence-corrected chi connectivity index (χ0v) is 13.2. The molecule has 1 atom stereocenters. The molecule has 1 heterocycles. The van der Waals surface area contributed by atoms with Crippen LogP contribution >= 0.6 is 0 Å². The molecule has 1 aromatic carbocycles. The van der Waals surface area contributed by atoms with Gasteiger partial charge in [-0.15, -0.1) is 0 Å². The van der Waals surface area contributed by atoms with Crippen molar-refractivity contribution in [2.24, 2.45) is 0 Å². The molecule has 1 fully saturated rings. The van der Waals surface area contributed by atoms with Gasteiger partial charge in [0.15, 0.2) is 11.5 Å². The average molecular weight is 308 g/mol. The minimum Gasteiger partial charge on any atom is -0.493 e. The highest BCUT2D eigenvalue weighted by Crippen LogP contribution is 2.27. The first-order valence-electron chi connectivity index (χ1n) is 7.51. The zero-order chi connectivity index (χ0) is 15.8. The van der Waals surface area contributed by atoms with E-state index in [2.05, 4.69) is 10.6 Å². The lowest BCUT2D eigenvalue weighted by Gasteiger charge is -2.23. The lowest BCUT2D eigenvalue weighted by molar-refractivity contribution is -0.122. The number of ether oxygens (including phenoxy) is 3. The molecule has 6 heteroatoms. The number of methoxy groups -OCH3 is 2. The molecule has 6 nitrogen and oxygen atoms in total. The third kappa shape index (κ3) is 4.89. The second-order valence-corrected chi connectivity index (χ2v) is 5.22. The summed E-state index contributed by atoms with van der Waals surface area (Å²) < 4.78 is 15.8. The van der Waals surface area contributed by atoms with E-state index in [9.17, 15) is 4.79 Å². The third-order valence-corrected chi connectivity index (χ3v) is 3.61. The van der Waals surface area contributed by atoms with Crippen LogP contribution in [0.1, 0.15) is 12.0 Å². The van der Waals surface area contributed by atoms with Crippen molar-refractivity contribution in [2.75, 3.05) is 40.5 Å². The lowest BCUT2D eigenvalue weighted by atomic mass is 10.1. The Kier molecular flexibility index (Phi) is 6.48. The Morgan fingerprint density at radius 2 is 2.18 bits per heavy atom. The number of rotatable bonds is 7. The van der Waals surface area contributed by atoms with Crippen molar-refractivity contribution in [1.29, 1.82) is 0 Å². The second-order valence-electron chi connectivity index (χ2n) is 5.22. The minimum atomic E-state index is 0.0449. The molecule has 1 aromatic rings. The molecule has 1 amide bonds. The van der Waals surface area contributed by atoms with E-state index in [1.54, 1.807) is 14.2 Å². The van der Waals surface area contributed by atoms with Gasteiger partial charge in [-0.05, 0) is 24.1 Å². The summed E-state index contributed by atoms with van der Waals surface area (Å²) in [4.78, 5) is 11.9. The number of amides is 1. The van der Waals surface area contributed by atoms with Gasteiger partial charge < -0.3 is 24.8 Å². The Morgan fingerprint density at radius 3 is 2.86 bits per heavy atom. The Balaban J connectivity index is 1.74. The summed E-state index contributed by atoms with van der Waals surface area (Å²) in [7, 11) is 3.23. The van der Waals surface area contributed by atoms with Gasteiger partial charge in [0.2, 0.25) is 5.91 Å². The summed E-state index contributed by atoms with van der Waals surface area (Å²) in [6.07, 6.45) is 1.20. The Morgan fingerprint density at radius 1 is 1.36 bits per heavy atom. The van der Waals surface area contributed by atoms with Gasteiger partial charge in [0.1, 0.15) is 0 Å². The first-order chi connectivity index (χ1) is 10.7. The Bertz CT molecular complexity index is 487. The van der Waals surface area contributed by atoms with Crippen LogP contribution < -0.4 is 20.1 Å². The number of morpholine rings is 1. The fourth-order valence-electron chi connectivity index (χ4n) is 2.43. The maximum atomic E-state index is 11.9. The molecule has 0 aliphatic carbocycles. The van der Waals surface area contributed by atoms with Gasteiger partial charge in [-0.2, -0.15) is 0 Å². The molecular formula is C16H24N2O4. The standard InChI is InChI=1S/C16H24N2O4/c1-20-14-4-3-12(9-15(14)21-2)5-6-18-16(19)10-13-11-22-8-7-17-13/h3-4,9,13,17H,5-8,10-11H2,1-2H3,(H,18,19). The van der Waals surface area contributed by atoms with Gasteiger partial charge in [0.05, 0.1) is 27.4 Å². The van der Waals surface area contributed by atoms with E-state index in [-0.39, 0.29) is 11.9 Å². The first kappa shape index (κ1) is 16.6. The fourth-order valence-corrected chi connectivity index (χ4v) is 2.43. The van der Waals surface area contributed by atoms with Crippen LogP contribution in [0.25, 0.3) is 0 Å². The molecule has 0 aromatic heterocycles. The molecule has 122 valence electrons. The van der Waals surface area contributed by atoms with Crippen molar-refractivity contribution in [2.45, 2.75) is 18.9 Å². The first-order valence-corrected chi connectivity index (χ1v) is 7.51. The van der Waals surface area contributed by atoms with Crippen LogP contribution in [0, 0.1) is 0 Å². The minimum absolute atomic E-state index is 0.0449. The Hall–Kier alpha value is -1.79. The van der Waals surface area contributed by atoms with Crippen LogP contribution in [0.4, 0.5) is 0 Å². The summed E-state index contributed by atoms with van der Waals surface area (Å²) in [5.41, 5.74) is 1.09. The zero-order valence-electron chi connectivity index (χ0n) is 13.2. The van der Waals surface area contributed by atoms with Gasteiger partial charge in [-0.1, -0.05) is 6.07 Å². The number of benzene rings is 1. The molecule has 0 spiro atoms. The average Bonchev–Trinajstić information content (AvgIpc) is 2.55. The summed E-state index contributed by atoms with van der Waals surface area (Å²) in [5.74, 6) is 1.46. The summed E-state index contributed by atoms with van der Waals surface area (Å²) >= 11 is 0. The highest BCUT2D eigenvalue weighted by atomic mass is 16.5. The van der Waals surface area contributed by atoms with E-state index in [1.165, 1.54) is 0 Å². The molecule has 1 saturated heterocycles. The lowest BCUT2D eigenvalue weighted by Crippen LogP contribution is -2.44. The Labute approximate surface area is 131 Å². The van der Waals surface area contributed by atoms with Gasteiger partial charge in [0.25, 0.3) is 0 Å². The van der Waals surface area contributed by atoms with E-state index in [0.717, 1.165) is 25.1 Å². The fraction of sp³-hybridized carbons (Fsp3) is 0.562. The molecule has 0 saturated carbocycles. The van der Waals surface area contributed by atoms with Crippen LogP contribution in [0.15, 0.2) is 18.2 Å². The van der Waals surface area contributed by atoms with Gasteiger partial charge in [-0.3, -0.25) is 4.79 Å². The van der Waals surface area contributed by atoms with E-state index in [4.69, 9.17) is 14.2 Å². The van der Waals surface area contributed by atoms with Crippen LogP contribution in [0.2, 0.25) is 0 Å². The maximum absolute atomic E-state index is 11.9. The highest BCUT2D eigenvalue weighted by Gasteiger charge is 2.16.